The summed E-state index contributed by atoms with van der Waals surface area (Å²) in [7, 11) is 0. The van der Waals surface area contributed by atoms with Crippen LogP contribution in [0.4, 0.5) is 21.0 Å². The van der Waals surface area contributed by atoms with Gasteiger partial charge in [0.05, 0.1) is 18.0 Å². The van der Waals surface area contributed by atoms with Gasteiger partial charge in [-0.2, -0.15) is 0 Å². The molecule has 40 heavy (non-hydrogen) atoms. The molecule has 0 radical (unpaired) electrons. The average Bonchev–Trinajstić information content (AvgIpc) is 2.96. The molecule has 1 atom stereocenters. The van der Waals surface area contributed by atoms with E-state index in [4.69, 9.17) is 9.47 Å². The molecule has 0 fully saturated rings. The number of benzene rings is 3. The van der Waals surface area contributed by atoms with Crippen LogP contribution in [0, 0.1) is 0 Å². The molecule has 0 aliphatic heterocycles. The van der Waals surface area contributed by atoms with Crippen molar-refractivity contribution in [3.63, 3.8) is 0 Å². The van der Waals surface area contributed by atoms with Crippen LogP contribution in [0.15, 0.2) is 89.5 Å². The van der Waals surface area contributed by atoms with E-state index in [1.165, 1.54) is 0 Å². The maximum atomic E-state index is 12.3. The molecule has 0 saturated heterocycles. The minimum atomic E-state index is -0.550. The van der Waals surface area contributed by atoms with Gasteiger partial charge in [0.2, 0.25) is 0 Å². The van der Waals surface area contributed by atoms with E-state index >= 15 is 0 Å². The SMILES string of the molecule is CC(OC(=O)NCCCCOC(=O)Nc1cccc2ccccc12)c1ccc(NC(=O)c2ccccn2)c(Br)c1. The van der Waals surface area contributed by atoms with E-state index in [9.17, 15) is 14.4 Å². The molecule has 1 aromatic heterocycles. The number of anilines is 2. The van der Waals surface area contributed by atoms with Crippen LogP contribution in [0.3, 0.4) is 0 Å². The number of nitrogens with one attached hydrogen (secondary N) is 3. The van der Waals surface area contributed by atoms with Gasteiger partial charge in [0.15, 0.2) is 0 Å². The number of unbranched alkanes of at least 4 members (excludes halogenated alkanes) is 1. The molecule has 10 heteroatoms. The number of halogens is 1. The highest BCUT2D eigenvalue weighted by Crippen LogP contribution is 2.28. The predicted molar refractivity (Wildman–Crippen MR) is 157 cm³/mol. The van der Waals surface area contributed by atoms with Crippen LogP contribution >= 0.6 is 15.9 Å². The number of ether oxygens (including phenoxy) is 2. The standard InChI is InChI=1S/C30H29BrN4O5/c1-20(22-14-15-26(24(31)19-22)34-28(36)27-12-4-5-16-32-27)40-29(37)33-17-6-7-18-39-30(38)35-25-13-8-10-21-9-2-3-11-23(21)25/h2-5,8-16,19-20H,6-7,17-18H2,1H3,(H,33,37)(H,34,36)(H,35,38). The number of hydrogen-bond acceptors (Lipinski definition) is 6. The Morgan fingerprint density at radius 3 is 2.48 bits per heavy atom. The number of nitrogens with zero attached hydrogens (tertiary/aromatic N) is 1. The molecule has 206 valence electrons. The van der Waals surface area contributed by atoms with Crippen LogP contribution < -0.4 is 16.0 Å². The lowest BCUT2D eigenvalue weighted by Gasteiger charge is -2.16. The third kappa shape index (κ3) is 8.03. The summed E-state index contributed by atoms with van der Waals surface area (Å²) in [5.74, 6) is -0.325. The van der Waals surface area contributed by atoms with Gasteiger partial charge in [-0.15, -0.1) is 0 Å². The number of pyridine rings is 1. The lowest BCUT2D eigenvalue weighted by Crippen LogP contribution is -2.26. The van der Waals surface area contributed by atoms with Crippen LogP contribution in [0.2, 0.25) is 0 Å². The zero-order chi connectivity index (χ0) is 28.3. The second-order valence-corrected chi connectivity index (χ2v) is 9.73. The Hall–Kier alpha value is -4.44. The monoisotopic (exact) mass is 604 g/mol. The van der Waals surface area contributed by atoms with Gasteiger partial charge < -0.3 is 20.1 Å². The van der Waals surface area contributed by atoms with Gasteiger partial charge in [-0.25, -0.2) is 9.59 Å². The van der Waals surface area contributed by atoms with Crippen molar-refractivity contribution >= 4 is 56.2 Å². The second-order valence-electron chi connectivity index (χ2n) is 8.88. The minimum Gasteiger partial charge on any atom is -0.449 e. The van der Waals surface area contributed by atoms with Gasteiger partial charge in [0.25, 0.3) is 5.91 Å². The largest absolute Gasteiger partial charge is 0.449 e. The zero-order valence-electron chi connectivity index (χ0n) is 21.9. The summed E-state index contributed by atoms with van der Waals surface area (Å²) in [5, 5.41) is 10.3. The van der Waals surface area contributed by atoms with Crippen LogP contribution in [-0.2, 0) is 9.47 Å². The van der Waals surface area contributed by atoms with Gasteiger partial charge in [-0.1, -0.05) is 48.5 Å². The van der Waals surface area contributed by atoms with Gasteiger partial charge >= 0.3 is 12.2 Å². The molecular weight excluding hydrogens is 576 g/mol. The fourth-order valence-electron chi connectivity index (χ4n) is 3.90. The number of aromatic nitrogens is 1. The fourth-order valence-corrected chi connectivity index (χ4v) is 4.40. The van der Waals surface area contributed by atoms with Crippen molar-refractivity contribution in [2.45, 2.75) is 25.9 Å². The summed E-state index contributed by atoms with van der Waals surface area (Å²) in [6.45, 7) is 2.36. The van der Waals surface area contributed by atoms with Crippen LogP contribution in [-0.4, -0.2) is 36.2 Å². The maximum absolute atomic E-state index is 12.3. The van der Waals surface area contributed by atoms with Crippen molar-refractivity contribution in [1.29, 1.82) is 0 Å². The van der Waals surface area contributed by atoms with E-state index < -0.39 is 18.3 Å². The number of hydrogen-bond donors (Lipinski definition) is 3. The summed E-state index contributed by atoms with van der Waals surface area (Å²) in [6.07, 6.45) is 1.16. The smallest absolute Gasteiger partial charge is 0.411 e. The third-order valence-electron chi connectivity index (χ3n) is 5.99. The highest BCUT2D eigenvalue weighted by atomic mass is 79.9. The Balaban J connectivity index is 1.13. The molecule has 0 aliphatic rings. The highest BCUT2D eigenvalue weighted by Gasteiger charge is 2.15. The first-order valence-electron chi connectivity index (χ1n) is 12.8. The van der Waals surface area contributed by atoms with Crippen LogP contribution in [0.5, 0.6) is 0 Å². The van der Waals surface area contributed by atoms with Crippen molar-refractivity contribution < 1.29 is 23.9 Å². The Morgan fingerprint density at radius 2 is 1.68 bits per heavy atom. The number of carbonyl (C=O) groups excluding carboxylic acids is 3. The van der Waals surface area contributed by atoms with Crippen molar-refractivity contribution in [2.75, 3.05) is 23.8 Å². The zero-order valence-corrected chi connectivity index (χ0v) is 23.4. The summed E-state index contributed by atoms with van der Waals surface area (Å²) >= 11 is 3.46. The van der Waals surface area contributed by atoms with Crippen molar-refractivity contribution in [3.8, 4) is 0 Å². The van der Waals surface area contributed by atoms with Crippen LogP contribution in [0.1, 0.15) is 41.9 Å². The van der Waals surface area contributed by atoms with Crippen LogP contribution in [0.25, 0.3) is 10.8 Å². The van der Waals surface area contributed by atoms with Gasteiger partial charge in [-0.05, 0) is 77.0 Å². The van der Waals surface area contributed by atoms with E-state index in [0.29, 0.717) is 40.9 Å². The topological polar surface area (TPSA) is 119 Å². The number of carbonyl (C=O) groups is 3. The number of alkyl carbamates (subject to hydrolysis) is 1. The molecule has 3 N–H and O–H groups in total. The Labute approximate surface area is 240 Å². The first-order valence-corrected chi connectivity index (χ1v) is 13.6. The van der Waals surface area contributed by atoms with E-state index in [1.807, 2.05) is 42.5 Å². The lowest BCUT2D eigenvalue weighted by atomic mass is 10.1. The third-order valence-corrected chi connectivity index (χ3v) is 6.65. The van der Waals surface area contributed by atoms with Crippen molar-refractivity contribution in [2.24, 2.45) is 0 Å². The summed E-state index contributed by atoms with van der Waals surface area (Å²) in [6, 6.07) is 23.9. The quantitative estimate of drug-likeness (QED) is 0.167. The van der Waals surface area contributed by atoms with Gasteiger partial charge in [0.1, 0.15) is 11.8 Å². The Kier molecular flexibility index (Phi) is 10.1. The molecule has 0 spiro atoms. The summed E-state index contributed by atoms with van der Waals surface area (Å²) in [5.41, 5.74) is 2.33. The summed E-state index contributed by atoms with van der Waals surface area (Å²) in [4.78, 5) is 40.8. The normalized spacial score (nSPS) is 11.3. The first kappa shape index (κ1) is 28.6. The molecule has 3 aromatic carbocycles. The number of rotatable bonds is 10. The summed E-state index contributed by atoms with van der Waals surface area (Å²) < 4.78 is 11.4. The number of amides is 3. The van der Waals surface area contributed by atoms with Crippen molar-refractivity contribution in [1.82, 2.24) is 10.3 Å². The molecule has 0 saturated carbocycles. The average molecular weight is 605 g/mol. The molecule has 9 nitrogen and oxygen atoms in total. The highest BCUT2D eigenvalue weighted by molar-refractivity contribution is 9.10. The fraction of sp³-hybridized carbons (Fsp3) is 0.200. The predicted octanol–water partition coefficient (Wildman–Crippen LogP) is 7.07. The van der Waals surface area contributed by atoms with E-state index in [2.05, 4.69) is 36.9 Å². The van der Waals surface area contributed by atoms with E-state index in [0.717, 1.165) is 16.3 Å². The van der Waals surface area contributed by atoms with Gasteiger partial charge in [0, 0.05) is 22.6 Å². The molecule has 3 amide bonds. The second kappa shape index (κ2) is 14.1. The molecule has 1 heterocycles. The molecule has 4 aromatic rings. The minimum absolute atomic E-state index is 0.223. The maximum Gasteiger partial charge on any atom is 0.411 e. The molecule has 0 bridgehead atoms. The van der Waals surface area contributed by atoms with E-state index in [1.54, 1.807) is 49.5 Å². The molecular formula is C30H29BrN4O5. The van der Waals surface area contributed by atoms with E-state index in [-0.39, 0.29) is 12.5 Å². The molecule has 0 aliphatic carbocycles. The van der Waals surface area contributed by atoms with Gasteiger partial charge in [-0.3, -0.25) is 15.1 Å². The number of fused-ring (bicyclic) bond motifs is 1. The Bertz CT molecular complexity index is 1480. The molecule has 4 rings (SSSR count). The lowest BCUT2D eigenvalue weighted by molar-refractivity contribution is 0.102. The molecule has 1 unspecified atom stereocenters. The first-order chi connectivity index (χ1) is 19.4. The Morgan fingerprint density at radius 1 is 0.875 bits per heavy atom. The van der Waals surface area contributed by atoms with Crippen molar-refractivity contribution in [3.05, 3.63) is 101 Å².